The maximum absolute atomic E-state index is 12.8. The highest BCUT2D eigenvalue weighted by Crippen LogP contribution is 2.29. The van der Waals surface area contributed by atoms with Crippen LogP contribution in [0.3, 0.4) is 0 Å². The average Bonchev–Trinajstić information content (AvgIpc) is 3.38. The molecule has 2 heterocycles. The lowest BCUT2D eigenvalue weighted by Gasteiger charge is -2.26. The van der Waals surface area contributed by atoms with Crippen molar-refractivity contribution in [3.05, 3.63) is 30.6 Å². The lowest BCUT2D eigenvalue weighted by Crippen LogP contribution is -2.41. The molecular formula is C18H24N6O. The summed E-state index contributed by atoms with van der Waals surface area (Å²) in [6.07, 6.45) is 8.93. The fourth-order valence-electron chi connectivity index (χ4n) is 4.10. The summed E-state index contributed by atoms with van der Waals surface area (Å²) < 4.78 is 1.58. The van der Waals surface area contributed by atoms with Crippen LogP contribution in [0.25, 0.3) is 5.69 Å². The lowest BCUT2D eigenvalue weighted by molar-refractivity contribution is -0.120. The molecule has 132 valence electrons. The molecule has 1 aliphatic heterocycles. The van der Waals surface area contributed by atoms with Crippen LogP contribution < -0.4 is 5.32 Å². The van der Waals surface area contributed by atoms with Gasteiger partial charge < -0.3 is 5.32 Å². The topological polar surface area (TPSA) is 75.9 Å². The van der Waals surface area contributed by atoms with Gasteiger partial charge in [-0.1, -0.05) is 18.9 Å². The molecule has 1 atom stereocenters. The molecule has 1 aliphatic carbocycles. The zero-order valence-electron chi connectivity index (χ0n) is 14.3. The van der Waals surface area contributed by atoms with E-state index in [-0.39, 0.29) is 11.9 Å². The first-order valence-electron chi connectivity index (χ1n) is 9.18. The Balaban J connectivity index is 1.41. The van der Waals surface area contributed by atoms with Crippen LogP contribution in [-0.2, 0) is 4.79 Å². The van der Waals surface area contributed by atoms with Crippen molar-refractivity contribution in [2.75, 3.05) is 18.4 Å². The summed E-state index contributed by atoms with van der Waals surface area (Å²) in [7, 11) is 0. The fraction of sp³-hybridized carbons (Fsp3) is 0.556. The number of likely N-dealkylation sites (tertiary alicyclic amines) is 1. The highest BCUT2D eigenvalue weighted by Gasteiger charge is 2.32. The first-order chi connectivity index (χ1) is 12.3. The molecule has 1 amide bonds. The van der Waals surface area contributed by atoms with Gasteiger partial charge in [0.05, 0.1) is 11.7 Å². The first kappa shape index (κ1) is 16.2. The van der Waals surface area contributed by atoms with Gasteiger partial charge in [-0.2, -0.15) is 0 Å². The number of tetrazole rings is 1. The molecule has 1 aromatic heterocycles. The Labute approximate surface area is 147 Å². The molecule has 0 bridgehead atoms. The standard InChI is InChI=1S/C18H24N6O/c25-18(17-9-4-10-23(17)12-14-5-1-2-6-14)20-15-7-3-8-16(11-15)24-13-19-21-22-24/h3,7-8,11,13-14,17H,1-2,4-6,9-10,12H2,(H,20,25). The number of benzene rings is 1. The van der Waals surface area contributed by atoms with E-state index in [1.54, 1.807) is 11.0 Å². The minimum absolute atomic E-state index is 0.00251. The van der Waals surface area contributed by atoms with Crippen molar-refractivity contribution in [3.63, 3.8) is 0 Å². The summed E-state index contributed by atoms with van der Waals surface area (Å²) in [6, 6.07) is 7.61. The summed E-state index contributed by atoms with van der Waals surface area (Å²) in [5, 5.41) is 14.3. The van der Waals surface area contributed by atoms with Crippen molar-refractivity contribution in [2.24, 2.45) is 5.92 Å². The van der Waals surface area contributed by atoms with Crippen LogP contribution in [0.2, 0.25) is 0 Å². The summed E-state index contributed by atoms with van der Waals surface area (Å²) in [5.41, 5.74) is 1.61. The summed E-state index contributed by atoms with van der Waals surface area (Å²) >= 11 is 0. The van der Waals surface area contributed by atoms with Crippen molar-refractivity contribution in [1.29, 1.82) is 0 Å². The number of aromatic nitrogens is 4. The zero-order chi connectivity index (χ0) is 17.1. The molecular weight excluding hydrogens is 316 g/mol. The van der Waals surface area contributed by atoms with Gasteiger partial charge in [-0.25, -0.2) is 4.68 Å². The van der Waals surface area contributed by atoms with E-state index >= 15 is 0 Å². The van der Waals surface area contributed by atoms with E-state index in [1.165, 1.54) is 25.7 Å². The SMILES string of the molecule is O=C(Nc1cccc(-n2cnnn2)c1)C1CCCN1CC1CCCC1. The van der Waals surface area contributed by atoms with Crippen LogP contribution in [-0.4, -0.2) is 50.1 Å². The Morgan fingerprint density at radius 1 is 1.20 bits per heavy atom. The summed E-state index contributed by atoms with van der Waals surface area (Å²) in [6.45, 7) is 2.11. The van der Waals surface area contributed by atoms with Crippen LogP contribution in [0, 0.1) is 5.92 Å². The van der Waals surface area contributed by atoms with Gasteiger partial charge in [0, 0.05) is 12.2 Å². The van der Waals surface area contributed by atoms with Gasteiger partial charge in [0.15, 0.2) is 0 Å². The van der Waals surface area contributed by atoms with E-state index in [4.69, 9.17) is 0 Å². The van der Waals surface area contributed by atoms with Gasteiger partial charge in [0.2, 0.25) is 5.91 Å². The largest absolute Gasteiger partial charge is 0.325 e. The van der Waals surface area contributed by atoms with Crippen molar-refractivity contribution < 1.29 is 4.79 Å². The molecule has 1 saturated heterocycles. The second kappa shape index (κ2) is 7.31. The lowest BCUT2D eigenvalue weighted by atomic mass is 10.1. The quantitative estimate of drug-likeness (QED) is 0.903. The third kappa shape index (κ3) is 3.71. The number of hydrogen-bond donors (Lipinski definition) is 1. The number of anilines is 1. The number of carbonyl (C=O) groups is 1. The zero-order valence-corrected chi connectivity index (χ0v) is 14.3. The van der Waals surface area contributed by atoms with E-state index in [1.807, 2.05) is 24.3 Å². The van der Waals surface area contributed by atoms with E-state index < -0.39 is 0 Å². The van der Waals surface area contributed by atoms with E-state index in [0.717, 1.165) is 43.2 Å². The van der Waals surface area contributed by atoms with Gasteiger partial charge in [-0.15, -0.1) is 5.10 Å². The first-order valence-corrected chi connectivity index (χ1v) is 9.18. The number of nitrogens with one attached hydrogen (secondary N) is 1. The molecule has 1 N–H and O–H groups in total. The number of rotatable bonds is 5. The molecule has 2 aromatic rings. The van der Waals surface area contributed by atoms with E-state index in [0.29, 0.717) is 0 Å². The molecule has 0 spiro atoms. The van der Waals surface area contributed by atoms with E-state index in [9.17, 15) is 4.79 Å². The molecule has 2 fully saturated rings. The summed E-state index contributed by atoms with van der Waals surface area (Å²) in [5.74, 6) is 0.876. The van der Waals surface area contributed by atoms with Gasteiger partial charge in [-0.3, -0.25) is 9.69 Å². The Hall–Kier alpha value is -2.28. The number of amides is 1. The number of nitrogens with zero attached hydrogens (tertiary/aromatic N) is 5. The van der Waals surface area contributed by atoms with Gasteiger partial charge in [0.1, 0.15) is 6.33 Å². The van der Waals surface area contributed by atoms with Crippen molar-refractivity contribution in [3.8, 4) is 5.69 Å². The minimum atomic E-state index is -0.00251. The predicted octanol–water partition coefficient (Wildman–Crippen LogP) is 2.26. The Morgan fingerprint density at radius 3 is 2.88 bits per heavy atom. The second-order valence-electron chi connectivity index (χ2n) is 7.10. The van der Waals surface area contributed by atoms with Crippen LogP contribution in [0.5, 0.6) is 0 Å². The molecule has 25 heavy (non-hydrogen) atoms. The molecule has 4 rings (SSSR count). The Morgan fingerprint density at radius 2 is 2.08 bits per heavy atom. The van der Waals surface area contributed by atoms with E-state index in [2.05, 4.69) is 25.7 Å². The fourth-order valence-corrected chi connectivity index (χ4v) is 4.10. The summed E-state index contributed by atoms with van der Waals surface area (Å²) in [4.78, 5) is 15.2. The van der Waals surface area contributed by atoms with Crippen LogP contribution in [0.1, 0.15) is 38.5 Å². The maximum Gasteiger partial charge on any atom is 0.241 e. The molecule has 1 aromatic carbocycles. The monoisotopic (exact) mass is 340 g/mol. The van der Waals surface area contributed by atoms with Crippen LogP contribution >= 0.6 is 0 Å². The Bertz CT molecular complexity index is 710. The van der Waals surface area contributed by atoms with Gasteiger partial charge >= 0.3 is 0 Å². The third-order valence-electron chi connectivity index (χ3n) is 5.36. The van der Waals surface area contributed by atoms with Crippen LogP contribution in [0.4, 0.5) is 5.69 Å². The molecule has 2 aliphatic rings. The normalized spacial score (nSPS) is 21.7. The second-order valence-corrected chi connectivity index (χ2v) is 7.10. The molecule has 7 heteroatoms. The van der Waals surface area contributed by atoms with Gasteiger partial charge in [0.25, 0.3) is 0 Å². The molecule has 1 saturated carbocycles. The number of carbonyl (C=O) groups excluding carboxylic acids is 1. The van der Waals surface area contributed by atoms with Crippen molar-refractivity contribution in [1.82, 2.24) is 25.1 Å². The number of hydrogen-bond acceptors (Lipinski definition) is 5. The highest BCUT2D eigenvalue weighted by molar-refractivity contribution is 5.95. The minimum Gasteiger partial charge on any atom is -0.325 e. The third-order valence-corrected chi connectivity index (χ3v) is 5.36. The average molecular weight is 340 g/mol. The maximum atomic E-state index is 12.8. The molecule has 1 unspecified atom stereocenters. The van der Waals surface area contributed by atoms with Crippen molar-refractivity contribution in [2.45, 2.75) is 44.6 Å². The molecule has 7 nitrogen and oxygen atoms in total. The Kier molecular flexibility index (Phi) is 4.74. The predicted molar refractivity (Wildman–Crippen MR) is 94.3 cm³/mol. The van der Waals surface area contributed by atoms with Gasteiger partial charge in [-0.05, 0) is 66.8 Å². The smallest absolute Gasteiger partial charge is 0.241 e. The van der Waals surface area contributed by atoms with Crippen molar-refractivity contribution >= 4 is 11.6 Å². The van der Waals surface area contributed by atoms with Crippen LogP contribution in [0.15, 0.2) is 30.6 Å². The molecule has 0 radical (unpaired) electrons. The highest BCUT2D eigenvalue weighted by atomic mass is 16.2.